The first-order valence-electron chi connectivity index (χ1n) is 5.64. The minimum absolute atomic E-state index is 0.0787. The average Bonchev–Trinajstić information content (AvgIpc) is 2.36. The number of esters is 1. The van der Waals surface area contributed by atoms with Gasteiger partial charge in [-0.2, -0.15) is 0 Å². The third-order valence-corrected chi connectivity index (χ3v) is 2.07. The van der Waals surface area contributed by atoms with E-state index in [1.165, 1.54) is 38.1 Å². The third kappa shape index (κ3) is 5.34. The topological polar surface area (TPSA) is 105 Å². The van der Waals surface area contributed by atoms with Gasteiger partial charge in [0.05, 0.1) is 4.92 Å². The average molecular weight is 283 g/mol. The molecule has 8 heteroatoms. The van der Waals surface area contributed by atoms with E-state index >= 15 is 0 Å². The lowest BCUT2D eigenvalue weighted by molar-refractivity contribution is -0.384. The summed E-state index contributed by atoms with van der Waals surface area (Å²) in [5.74, 6) is -0.371. The molecule has 0 bridgehead atoms. The molecule has 0 saturated heterocycles. The molecule has 0 spiro atoms. The molecule has 0 radical (unpaired) electrons. The first-order valence-corrected chi connectivity index (χ1v) is 5.64. The number of nitro groups is 1. The number of carbonyl (C=O) groups excluding carboxylic acids is 2. The summed E-state index contributed by atoms with van der Waals surface area (Å²) in [4.78, 5) is 31.8. The molecule has 1 rings (SSSR count). The van der Waals surface area contributed by atoms with Crippen LogP contribution in [0.2, 0.25) is 0 Å². The highest BCUT2D eigenvalue weighted by Gasteiger charge is 2.14. The predicted octanol–water partition coefficient (Wildman–Crippen LogP) is 2.06. The zero-order chi connectivity index (χ0) is 15.1. The lowest BCUT2D eigenvalue weighted by Gasteiger charge is -2.12. The van der Waals surface area contributed by atoms with Gasteiger partial charge >= 0.3 is 12.1 Å². The number of non-ortho nitro benzene ring substituents is 1. The summed E-state index contributed by atoms with van der Waals surface area (Å²) in [6, 6.07) is 4.95. The molecule has 0 aliphatic rings. The van der Waals surface area contributed by atoms with Crippen LogP contribution in [0.1, 0.15) is 13.8 Å². The number of nitrogens with zero attached hydrogens (tertiary/aromatic N) is 1. The molecule has 0 aliphatic carbocycles. The van der Waals surface area contributed by atoms with Crippen LogP contribution in [0.5, 0.6) is 5.75 Å². The lowest BCUT2D eigenvalue weighted by atomic mass is 10.3. The maximum Gasteiger partial charge on any atom is 0.514 e. The molecule has 1 unspecified atom stereocenters. The van der Waals surface area contributed by atoms with Gasteiger partial charge in [0.2, 0.25) is 0 Å². The van der Waals surface area contributed by atoms with E-state index in [1.807, 2.05) is 0 Å². The first-order chi connectivity index (χ1) is 9.38. The first kappa shape index (κ1) is 15.4. The van der Waals surface area contributed by atoms with Crippen LogP contribution in [0.25, 0.3) is 0 Å². The Morgan fingerprint density at radius 2 is 1.90 bits per heavy atom. The van der Waals surface area contributed by atoms with Crippen molar-refractivity contribution in [2.24, 2.45) is 0 Å². The molecule has 0 amide bonds. The van der Waals surface area contributed by atoms with Crippen molar-refractivity contribution in [1.82, 2.24) is 0 Å². The van der Waals surface area contributed by atoms with Crippen molar-refractivity contribution in [3.8, 4) is 5.75 Å². The summed E-state index contributed by atoms with van der Waals surface area (Å²) in [7, 11) is 0. The van der Waals surface area contributed by atoms with Crippen molar-refractivity contribution >= 4 is 17.8 Å². The van der Waals surface area contributed by atoms with Gasteiger partial charge in [-0.15, -0.1) is 0 Å². The van der Waals surface area contributed by atoms with Gasteiger partial charge in [-0.1, -0.05) is 0 Å². The second-order valence-corrected chi connectivity index (χ2v) is 3.83. The molecule has 0 heterocycles. The quantitative estimate of drug-likeness (QED) is 0.352. The number of carbonyl (C=O) groups is 2. The molecule has 0 N–H and O–H groups in total. The number of hydrogen-bond acceptors (Lipinski definition) is 7. The number of rotatable bonds is 5. The Hall–Kier alpha value is -2.64. The van der Waals surface area contributed by atoms with Crippen LogP contribution in [0.15, 0.2) is 24.3 Å². The largest absolute Gasteiger partial charge is 0.514 e. The maximum absolute atomic E-state index is 11.4. The van der Waals surface area contributed by atoms with Gasteiger partial charge in [0.25, 0.3) is 5.69 Å². The molecular weight excluding hydrogens is 270 g/mol. The molecule has 0 fully saturated rings. The summed E-state index contributed by atoms with van der Waals surface area (Å²) in [6.45, 7) is 2.69. The highest BCUT2D eigenvalue weighted by atomic mass is 16.7. The summed E-state index contributed by atoms with van der Waals surface area (Å²) < 4.78 is 14.3. The summed E-state index contributed by atoms with van der Waals surface area (Å²) in [6.07, 6.45) is -1.65. The molecule has 20 heavy (non-hydrogen) atoms. The van der Waals surface area contributed by atoms with Gasteiger partial charge in [0.15, 0.2) is 0 Å². The van der Waals surface area contributed by atoms with Crippen LogP contribution >= 0.6 is 0 Å². The van der Waals surface area contributed by atoms with Crippen molar-refractivity contribution in [2.45, 2.75) is 20.0 Å². The second kappa shape index (κ2) is 7.07. The summed E-state index contributed by atoms with van der Waals surface area (Å²) in [5.41, 5.74) is -0.117. The zero-order valence-corrected chi connectivity index (χ0v) is 10.9. The van der Waals surface area contributed by atoms with Gasteiger partial charge in [0.1, 0.15) is 18.5 Å². The normalized spacial score (nSPS) is 11.3. The van der Waals surface area contributed by atoms with Gasteiger partial charge in [-0.3, -0.25) is 14.9 Å². The number of hydrogen-bond donors (Lipinski definition) is 0. The van der Waals surface area contributed by atoms with E-state index in [4.69, 9.17) is 9.47 Å². The van der Waals surface area contributed by atoms with E-state index in [-0.39, 0.29) is 18.0 Å². The van der Waals surface area contributed by atoms with Crippen LogP contribution < -0.4 is 4.74 Å². The molecule has 0 aliphatic heterocycles. The number of benzene rings is 1. The SMILES string of the molecule is CC(=O)OCC(C)OC(=O)Oc1ccc([N+](=O)[O-])cc1. The lowest BCUT2D eigenvalue weighted by Crippen LogP contribution is -2.23. The monoisotopic (exact) mass is 283 g/mol. The molecule has 1 aromatic carbocycles. The van der Waals surface area contributed by atoms with Gasteiger partial charge in [-0.05, 0) is 19.1 Å². The zero-order valence-electron chi connectivity index (χ0n) is 10.9. The molecule has 0 saturated carbocycles. The summed E-state index contributed by atoms with van der Waals surface area (Å²) >= 11 is 0. The minimum Gasteiger partial charge on any atom is -0.462 e. The van der Waals surface area contributed by atoms with Crippen molar-refractivity contribution in [3.63, 3.8) is 0 Å². The molecule has 1 atom stereocenters. The Kier molecular flexibility index (Phi) is 5.45. The van der Waals surface area contributed by atoms with Crippen LogP contribution in [-0.2, 0) is 14.3 Å². The Morgan fingerprint density at radius 1 is 1.30 bits per heavy atom. The Labute approximate surface area is 114 Å². The van der Waals surface area contributed by atoms with E-state index in [0.29, 0.717) is 0 Å². The van der Waals surface area contributed by atoms with Crippen LogP contribution in [0, 0.1) is 10.1 Å². The number of ether oxygens (including phenoxy) is 3. The van der Waals surface area contributed by atoms with Gasteiger partial charge in [0, 0.05) is 19.1 Å². The Morgan fingerprint density at radius 3 is 2.40 bits per heavy atom. The second-order valence-electron chi connectivity index (χ2n) is 3.83. The molecular formula is C12H13NO7. The highest BCUT2D eigenvalue weighted by Crippen LogP contribution is 2.17. The van der Waals surface area contributed by atoms with E-state index in [1.54, 1.807) is 0 Å². The van der Waals surface area contributed by atoms with Crippen molar-refractivity contribution in [2.75, 3.05) is 6.61 Å². The standard InChI is InChI=1S/C12H13NO7/c1-8(7-18-9(2)14)19-12(15)20-11-5-3-10(4-6-11)13(16)17/h3-6,8H,7H2,1-2H3. The third-order valence-electron chi connectivity index (χ3n) is 2.07. The highest BCUT2D eigenvalue weighted by molar-refractivity contribution is 5.66. The van der Waals surface area contributed by atoms with Crippen LogP contribution in [0.3, 0.4) is 0 Å². The van der Waals surface area contributed by atoms with Crippen LogP contribution in [0.4, 0.5) is 10.5 Å². The maximum atomic E-state index is 11.4. The van der Waals surface area contributed by atoms with Crippen molar-refractivity contribution in [1.29, 1.82) is 0 Å². The smallest absolute Gasteiger partial charge is 0.462 e. The molecule has 8 nitrogen and oxygen atoms in total. The molecule has 108 valence electrons. The fourth-order valence-electron chi connectivity index (χ4n) is 1.19. The fourth-order valence-corrected chi connectivity index (χ4v) is 1.19. The van der Waals surface area contributed by atoms with Crippen LogP contribution in [-0.4, -0.2) is 29.8 Å². The Balaban J connectivity index is 2.45. The minimum atomic E-state index is -0.987. The van der Waals surface area contributed by atoms with E-state index in [9.17, 15) is 19.7 Å². The van der Waals surface area contributed by atoms with E-state index in [0.717, 1.165) is 0 Å². The summed E-state index contributed by atoms with van der Waals surface area (Å²) in [5, 5.41) is 10.4. The van der Waals surface area contributed by atoms with Crippen molar-refractivity contribution < 1.29 is 28.7 Å². The van der Waals surface area contributed by atoms with E-state index in [2.05, 4.69) is 4.74 Å². The molecule has 1 aromatic rings. The predicted molar refractivity (Wildman–Crippen MR) is 66.3 cm³/mol. The molecule has 0 aromatic heterocycles. The fraction of sp³-hybridized carbons (Fsp3) is 0.333. The Bertz CT molecular complexity index is 497. The van der Waals surface area contributed by atoms with Gasteiger partial charge < -0.3 is 14.2 Å². The van der Waals surface area contributed by atoms with Crippen molar-refractivity contribution in [3.05, 3.63) is 34.4 Å². The van der Waals surface area contributed by atoms with Gasteiger partial charge in [-0.25, -0.2) is 4.79 Å². The van der Waals surface area contributed by atoms with E-state index < -0.39 is 23.2 Å². The number of nitro benzene ring substituents is 1.